The molecule has 122 valence electrons. The van der Waals surface area contributed by atoms with Crippen molar-refractivity contribution < 1.29 is 23.2 Å². The maximum atomic E-state index is 13.8. The predicted molar refractivity (Wildman–Crippen MR) is 84.0 cm³/mol. The normalized spacial score (nSPS) is 19.5. The second kappa shape index (κ2) is 6.18. The van der Waals surface area contributed by atoms with Gasteiger partial charge in [0.15, 0.2) is 6.79 Å². The fourth-order valence-corrected chi connectivity index (χ4v) is 2.41. The summed E-state index contributed by atoms with van der Waals surface area (Å²) >= 11 is 0. The Morgan fingerprint density at radius 2 is 1.73 bits per heavy atom. The van der Waals surface area contributed by atoms with Gasteiger partial charge in [-0.15, -0.1) is 0 Å². The van der Waals surface area contributed by atoms with Crippen molar-refractivity contribution in [2.24, 2.45) is 0 Å². The molecule has 1 aromatic carbocycles. The van der Waals surface area contributed by atoms with E-state index >= 15 is 0 Å². The van der Waals surface area contributed by atoms with Crippen LogP contribution in [0.25, 0.3) is 0 Å². The molecule has 0 aliphatic carbocycles. The topological polar surface area (TPSA) is 36.9 Å². The van der Waals surface area contributed by atoms with E-state index in [2.05, 4.69) is 0 Å². The number of rotatable bonds is 5. The number of hydrogen-bond donors (Lipinski definition) is 0. The second-order valence-corrected chi connectivity index (χ2v) is 6.47. The van der Waals surface area contributed by atoms with Gasteiger partial charge in [-0.1, -0.05) is 6.92 Å². The van der Waals surface area contributed by atoms with Crippen LogP contribution in [-0.2, 0) is 20.5 Å². The zero-order valence-electron chi connectivity index (χ0n) is 14.2. The van der Waals surface area contributed by atoms with Gasteiger partial charge >= 0.3 is 7.12 Å². The van der Waals surface area contributed by atoms with Crippen LogP contribution in [0.1, 0.15) is 40.2 Å². The van der Waals surface area contributed by atoms with Crippen LogP contribution in [0.4, 0.5) is 4.39 Å². The van der Waals surface area contributed by atoms with E-state index in [1.54, 1.807) is 0 Å². The number of halogens is 1. The van der Waals surface area contributed by atoms with Crippen molar-refractivity contribution in [2.45, 2.75) is 52.2 Å². The average molecular weight is 310 g/mol. The fraction of sp³-hybridized carbons (Fsp3) is 0.625. The van der Waals surface area contributed by atoms with Crippen LogP contribution in [0, 0.1) is 5.82 Å². The van der Waals surface area contributed by atoms with E-state index in [1.165, 1.54) is 19.2 Å². The van der Waals surface area contributed by atoms with Crippen molar-refractivity contribution in [3.8, 4) is 5.75 Å². The lowest BCUT2D eigenvalue weighted by Gasteiger charge is -2.32. The van der Waals surface area contributed by atoms with Crippen LogP contribution in [-0.4, -0.2) is 32.2 Å². The lowest BCUT2D eigenvalue weighted by atomic mass is 9.74. The summed E-state index contributed by atoms with van der Waals surface area (Å²) in [5.74, 6) is 0.0559. The molecule has 0 spiro atoms. The largest absolute Gasteiger partial charge is 0.498 e. The first-order chi connectivity index (χ1) is 10.2. The van der Waals surface area contributed by atoms with E-state index in [0.717, 1.165) is 11.0 Å². The van der Waals surface area contributed by atoms with Crippen LogP contribution in [0.3, 0.4) is 0 Å². The van der Waals surface area contributed by atoms with Crippen molar-refractivity contribution in [2.75, 3.05) is 13.9 Å². The highest BCUT2D eigenvalue weighted by Crippen LogP contribution is 2.37. The predicted octanol–water partition coefficient (Wildman–Crippen LogP) is 2.67. The lowest BCUT2D eigenvalue weighted by Crippen LogP contribution is -2.41. The van der Waals surface area contributed by atoms with E-state index in [4.69, 9.17) is 18.8 Å². The molecule has 22 heavy (non-hydrogen) atoms. The number of ether oxygens (including phenoxy) is 2. The van der Waals surface area contributed by atoms with Gasteiger partial charge in [-0.2, -0.15) is 0 Å². The van der Waals surface area contributed by atoms with Crippen molar-refractivity contribution >= 4 is 12.6 Å². The summed E-state index contributed by atoms with van der Waals surface area (Å²) in [5.41, 5.74) is 0.620. The number of benzene rings is 1. The Bertz CT molecular complexity index is 529. The van der Waals surface area contributed by atoms with E-state index in [1.807, 2.05) is 34.6 Å². The van der Waals surface area contributed by atoms with E-state index in [0.29, 0.717) is 12.2 Å². The molecule has 1 saturated heterocycles. The minimum atomic E-state index is -0.590. The van der Waals surface area contributed by atoms with Gasteiger partial charge < -0.3 is 18.8 Å². The summed E-state index contributed by atoms with van der Waals surface area (Å²) in [6, 6.07) is 2.85. The molecule has 0 unspecified atom stereocenters. The Morgan fingerprint density at radius 3 is 2.23 bits per heavy atom. The quantitative estimate of drug-likeness (QED) is 0.619. The summed E-state index contributed by atoms with van der Waals surface area (Å²) in [4.78, 5) is 0. The first-order valence-electron chi connectivity index (χ1n) is 7.51. The molecular weight excluding hydrogens is 286 g/mol. The van der Waals surface area contributed by atoms with Gasteiger partial charge in [0, 0.05) is 18.6 Å². The minimum Gasteiger partial charge on any atom is -0.468 e. The highest BCUT2D eigenvalue weighted by atomic mass is 19.1. The highest BCUT2D eigenvalue weighted by molar-refractivity contribution is 6.63. The van der Waals surface area contributed by atoms with Gasteiger partial charge in [0.1, 0.15) is 11.6 Å². The monoisotopic (exact) mass is 310 g/mol. The van der Waals surface area contributed by atoms with Gasteiger partial charge in [-0.3, -0.25) is 0 Å². The van der Waals surface area contributed by atoms with E-state index in [-0.39, 0.29) is 12.6 Å². The molecule has 0 amide bonds. The van der Waals surface area contributed by atoms with Crippen LogP contribution < -0.4 is 10.2 Å². The molecule has 0 aromatic heterocycles. The minimum absolute atomic E-state index is 0.0408. The zero-order valence-corrected chi connectivity index (χ0v) is 14.2. The molecule has 0 bridgehead atoms. The summed E-state index contributed by atoms with van der Waals surface area (Å²) in [7, 11) is 0.932. The number of methoxy groups -OCH3 is 1. The maximum Gasteiger partial charge on any atom is 0.498 e. The number of hydrogen-bond acceptors (Lipinski definition) is 4. The summed E-state index contributed by atoms with van der Waals surface area (Å²) in [5, 5.41) is 0. The average Bonchev–Trinajstić information content (AvgIpc) is 2.63. The molecular formula is C16H24BFO4. The Kier molecular flexibility index (Phi) is 4.85. The summed E-state index contributed by atoms with van der Waals surface area (Å²) in [6.07, 6.45) is 0.653. The molecule has 1 aliphatic heterocycles. The van der Waals surface area contributed by atoms with Crippen LogP contribution in [0.5, 0.6) is 5.75 Å². The maximum absolute atomic E-state index is 13.8. The standard InChI is InChI=1S/C16H24BFO4/c1-7-11-8-12(18)9-13(20-10-19-6)14(11)17-21-15(2,3)16(4,5)22-17/h8-9H,7,10H2,1-6H3. The molecule has 6 heteroatoms. The Morgan fingerprint density at radius 1 is 1.14 bits per heavy atom. The van der Waals surface area contributed by atoms with Crippen LogP contribution in [0.2, 0.25) is 0 Å². The van der Waals surface area contributed by atoms with Gasteiger partial charge in [0.2, 0.25) is 0 Å². The van der Waals surface area contributed by atoms with Gasteiger partial charge in [0.05, 0.1) is 11.2 Å². The molecule has 1 heterocycles. The molecule has 1 fully saturated rings. The Balaban J connectivity index is 2.45. The molecule has 0 radical (unpaired) electrons. The lowest BCUT2D eigenvalue weighted by molar-refractivity contribution is 0.00578. The molecule has 1 aromatic rings. The first kappa shape index (κ1) is 17.3. The third kappa shape index (κ3) is 3.14. The fourth-order valence-electron chi connectivity index (χ4n) is 2.41. The van der Waals surface area contributed by atoms with E-state index < -0.39 is 18.3 Å². The van der Waals surface area contributed by atoms with Crippen molar-refractivity contribution in [1.29, 1.82) is 0 Å². The first-order valence-corrected chi connectivity index (χ1v) is 7.51. The second-order valence-electron chi connectivity index (χ2n) is 6.47. The van der Waals surface area contributed by atoms with Gasteiger partial charge in [-0.25, -0.2) is 4.39 Å². The van der Waals surface area contributed by atoms with Gasteiger partial charge in [-0.05, 0) is 45.7 Å². The molecule has 0 saturated carbocycles. The van der Waals surface area contributed by atoms with Crippen LogP contribution in [0.15, 0.2) is 12.1 Å². The molecule has 0 N–H and O–H groups in total. The summed E-state index contributed by atoms with van der Waals surface area (Å²) in [6.45, 7) is 9.94. The zero-order chi connectivity index (χ0) is 16.5. The Labute approximate surface area is 132 Å². The summed E-state index contributed by atoms with van der Waals surface area (Å²) < 4.78 is 36.5. The highest BCUT2D eigenvalue weighted by Gasteiger charge is 2.53. The van der Waals surface area contributed by atoms with Crippen molar-refractivity contribution in [3.05, 3.63) is 23.5 Å². The smallest absolute Gasteiger partial charge is 0.468 e. The number of aryl methyl sites for hydroxylation is 1. The van der Waals surface area contributed by atoms with E-state index in [9.17, 15) is 4.39 Å². The SMILES string of the molecule is CCc1cc(F)cc(OCOC)c1B1OC(C)(C)C(C)(C)O1. The molecule has 2 rings (SSSR count). The molecule has 1 aliphatic rings. The molecule has 4 nitrogen and oxygen atoms in total. The molecule has 0 atom stereocenters. The van der Waals surface area contributed by atoms with Crippen LogP contribution >= 0.6 is 0 Å². The Hall–Kier alpha value is -1.11. The van der Waals surface area contributed by atoms with Gasteiger partial charge in [0.25, 0.3) is 0 Å². The van der Waals surface area contributed by atoms with Crippen molar-refractivity contribution in [1.82, 2.24) is 0 Å². The van der Waals surface area contributed by atoms with Crippen molar-refractivity contribution in [3.63, 3.8) is 0 Å². The third-order valence-corrected chi connectivity index (χ3v) is 4.39. The third-order valence-electron chi connectivity index (χ3n) is 4.39.